The molecule has 122 valence electrons. The van der Waals surface area contributed by atoms with Crippen LogP contribution in [0.25, 0.3) is 0 Å². The van der Waals surface area contributed by atoms with Crippen molar-refractivity contribution in [3.05, 3.63) is 65.7 Å². The van der Waals surface area contributed by atoms with Crippen molar-refractivity contribution in [1.29, 1.82) is 0 Å². The number of hydrogen-bond acceptors (Lipinski definition) is 4. The number of nitrogens with one attached hydrogen (secondary N) is 1. The van der Waals surface area contributed by atoms with E-state index in [2.05, 4.69) is 10.3 Å². The first-order valence-corrected chi connectivity index (χ1v) is 8.49. The zero-order valence-electron chi connectivity index (χ0n) is 12.6. The minimum absolute atomic E-state index is 0.00464. The van der Waals surface area contributed by atoms with Gasteiger partial charge in [0.15, 0.2) is 0 Å². The number of amides is 1. The summed E-state index contributed by atoms with van der Waals surface area (Å²) in [5.41, 5.74) is 1.17. The second-order valence-electron chi connectivity index (χ2n) is 4.97. The molecule has 1 unspecified atom stereocenters. The van der Waals surface area contributed by atoms with Gasteiger partial charge in [0, 0.05) is 36.2 Å². The first kappa shape index (κ1) is 17.4. The number of aliphatic hydroxyl groups excluding tert-OH is 1. The van der Waals surface area contributed by atoms with E-state index < -0.39 is 11.9 Å². The van der Waals surface area contributed by atoms with E-state index in [0.717, 1.165) is 11.4 Å². The molecule has 0 aliphatic carbocycles. The molecule has 2 N–H and O–H groups in total. The van der Waals surface area contributed by atoms with Crippen LogP contribution in [0.5, 0.6) is 0 Å². The number of hydrogen-bond donors (Lipinski definition) is 2. The van der Waals surface area contributed by atoms with Crippen LogP contribution in [0.4, 0.5) is 4.39 Å². The van der Waals surface area contributed by atoms with E-state index in [9.17, 15) is 14.3 Å². The maximum absolute atomic E-state index is 13.5. The van der Waals surface area contributed by atoms with E-state index in [1.807, 2.05) is 18.2 Å². The minimum atomic E-state index is -1.04. The summed E-state index contributed by atoms with van der Waals surface area (Å²) in [6.45, 7) is 0.00464. The molecule has 0 radical (unpaired) electrons. The molecule has 1 aromatic heterocycles. The lowest BCUT2D eigenvalue weighted by atomic mass is 10.1. The predicted molar refractivity (Wildman–Crippen MR) is 89.4 cm³/mol. The van der Waals surface area contributed by atoms with E-state index in [-0.39, 0.29) is 18.0 Å². The number of aliphatic hydroxyl groups is 1. The lowest BCUT2D eigenvalue weighted by Crippen LogP contribution is -2.28. The summed E-state index contributed by atoms with van der Waals surface area (Å²) in [6, 6.07) is 11.7. The Morgan fingerprint density at radius 2 is 2.04 bits per heavy atom. The molecular formula is C17H19FN2O2S. The largest absolute Gasteiger partial charge is 0.386 e. The fourth-order valence-corrected chi connectivity index (χ4v) is 2.83. The van der Waals surface area contributed by atoms with Gasteiger partial charge >= 0.3 is 0 Å². The predicted octanol–water partition coefficient (Wildman–Crippen LogP) is 2.69. The first-order valence-electron chi connectivity index (χ1n) is 7.33. The highest BCUT2D eigenvalue weighted by molar-refractivity contribution is 7.98. The number of halogens is 1. The van der Waals surface area contributed by atoms with Crippen LogP contribution in [-0.4, -0.2) is 28.3 Å². The smallest absolute Gasteiger partial charge is 0.220 e. The number of carbonyl (C=O) groups is 1. The highest BCUT2D eigenvalue weighted by atomic mass is 32.2. The van der Waals surface area contributed by atoms with Crippen molar-refractivity contribution < 1.29 is 14.3 Å². The number of pyridine rings is 1. The zero-order chi connectivity index (χ0) is 16.5. The minimum Gasteiger partial charge on any atom is -0.386 e. The molecule has 0 saturated carbocycles. The summed E-state index contributed by atoms with van der Waals surface area (Å²) >= 11 is 1.62. The van der Waals surface area contributed by atoms with Crippen molar-refractivity contribution in [3.8, 4) is 0 Å². The molecule has 1 atom stereocenters. The van der Waals surface area contributed by atoms with Crippen molar-refractivity contribution >= 4 is 17.7 Å². The molecule has 2 aromatic rings. The number of rotatable bonds is 8. The van der Waals surface area contributed by atoms with Gasteiger partial charge in [0.05, 0.1) is 11.8 Å². The van der Waals surface area contributed by atoms with E-state index in [1.165, 1.54) is 12.1 Å². The van der Waals surface area contributed by atoms with E-state index in [4.69, 9.17) is 0 Å². The molecule has 1 heterocycles. The average molecular weight is 334 g/mol. The van der Waals surface area contributed by atoms with Crippen LogP contribution in [0.15, 0.2) is 48.7 Å². The molecule has 1 aromatic carbocycles. The van der Waals surface area contributed by atoms with Crippen LogP contribution < -0.4 is 5.32 Å². The van der Waals surface area contributed by atoms with E-state index in [0.29, 0.717) is 12.2 Å². The Bertz CT molecular complexity index is 625. The van der Waals surface area contributed by atoms with Crippen LogP contribution in [0.3, 0.4) is 0 Å². The van der Waals surface area contributed by atoms with Gasteiger partial charge in [-0.3, -0.25) is 9.78 Å². The van der Waals surface area contributed by atoms with Crippen molar-refractivity contribution in [1.82, 2.24) is 10.3 Å². The SMILES string of the molecule is O=C(CCSCc1ccccn1)NCC(O)c1ccccc1F. The maximum atomic E-state index is 13.5. The van der Waals surface area contributed by atoms with Gasteiger partial charge in [0.1, 0.15) is 5.82 Å². The molecule has 2 rings (SSSR count). The van der Waals surface area contributed by atoms with Crippen LogP contribution >= 0.6 is 11.8 Å². The Morgan fingerprint density at radius 3 is 2.78 bits per heavy atom. The maximum Gasteiger partial charge on any atom is 0.220 e. The van der Waals surface area contributed by atoms with E-state index in [1.54, 1.807) is 30.1 Å². The number of benzene rings is 1. The molecule has 0 spiro atoms. The summed E-state index contributed by atoms with van der Waals surface area (Å²) in [5.74, 6) is 0.790. The number of carbonyl (C=O) groups excluding carboxylic acids is 1. The van der Waals surface area contributed by atoms with Gasteiger partial charge in [-0.05, 0) is 18.2 Å². The van der Waals surface area contributed by atoms with Crippen molar-refractivity contribution in [3.63, 3.8) is 0 Å². The molecule has 23 heavy (non-hydrogen) atoms. The van der Waals surface area contributed by atoms with Crippen LogP contribution in [0.2, 0.25) is 0 Å². The fourth-order valence-electron chi connectivity index (χ4n) is 1.98. The lowest BCUT2D eigenvalue weighted by molar-refractivity contribution is -0.121. The van der Waals surface area contributed by atoms with Gasteiger partial charge in [0.2, 0.25) is 5.91 Å². The topological polar surface area (TPSA) is 62.2 Å². The van der Waals surface area contributed by atoms with Crippen LogP contribution in [0.1, 0.15) is 23.8 Å². The molecule has 0 bridgehead atoms. The van der Waals surface area contributed by atoms with E-state index >= 15 is 0 Å². The highest BCUT2D eigenvalue weighted by Gasteiger charge is 2.13. The van der Waals surface area contributed by atoms with Crippen molar-refractivity contribution in [2.24, 2.45) is 0 Å². The van der Waals surface area contributed by atoms with Gasteiger partial charge in [-0.15, -0.1) is 0 Å². The summed E-state index contributed by atoms with van der Waals surface area (Å²) in [7, 11) is 0. The summed E-state index contributed by atoms with van der Waals surface area (Å²) in [5, 5.41) is 12.5. The summed E-state index contributed by atoms with van der Waals surface area (Å²) in [6.07, 6.45) is 1.05. The second-order valence-corrected chi connectivity index (χ2v) is 6.07. The molecule has 0 aliphatic heterocycles. The Labute approximate surface area is 139 Å². The molecule has 4 nitrogen and oxygen atoms in total. The fraction of sp³-hybridized carbons (Fsp3) is 0.294. The molecule has 0 aliphatic rings. The third kappa shape index (κ3) is 6.00. The summed E-state index contributed by atoms with van der Waals surface area (Å²) in [4.78, 5) is 15.9. The van der Waals surface area contributed by atoms with Gasteiger partial charge in [-0.2, -0.15) is 11.8 Å². The Kier molecular flexibility index (Phi) is 7.03. The number of thioether (sulfide) groups is 1. The molecule has 0 saturated heterocycles. The van der Waals surface area contributed by atoms with Gasteiger partial charge in [0.25, 0.3) is 0 Å². The van der Waals surface area contributed by atoms with Gasteiger partial charge < -0.3 is 10.4 Å². The first-order chi connectivity index (χ1) is 11.2. The number of aromatic nitrogens is 1. The standard InChI is InChI=1S/C17H19FN2O2S/c18-15-7-2-1-6-14(15)16(21)11-20-17(22)8-10-23-12-13-5-3-4-9-19-13/h1-7,9,16,21H,8,10-12H2,(H,20,22). The van der Waals surface area contributed by atoms with Crippen LogP contribution in [-0.2, 0) is 10.5 Å². The van der Waals surface area contributed by atoms with Gasteiger partial charge in [-0.25, -0.2) is 4.39 Å². The Hall–Kier alpha value is -1.92. The summed E-state index contributed by atoms with van der Waals surface area (Å²) < 4.78 is 13.5. The molecule has 0 fully saturated rings. The molecule has 1 amide bonds. The lowest BCUT2D eigenvalue weighted by Gasteiger charge is -2.13. The Morgan fingerprint density at radius 1 is 1.26 bits per heavy atom. The quantitative estimate of drug-likeness (QED) is 0.729. The number of nitrogens with zero attached hydrogens (tertiary/aromatic N) is 1. The normalized spacial score (nSPS) is 11.9. The second kappa shape index (κ2) is 9.27. The molecule has 6 heteroatoms. The van der Waals surface area contributed by atoms with Crippen LogP contribution in [0, 0.1) is 5.82 Å². The third-order valence-corrected chi connectivity index (χ3v) is 4.20. The van der Waals surface area contributed by atoms with Gasteiger partial charge in [-0.1, -0.05) is 24.3 Å². The average Bonchev–Trinajstić information content (AvgIpc) is 2.58. The van der Waals surface area contributed by atoms with Crippen molar-refractivity contribution in [2.75, 3.05) is 12.3 Å². The highest BCUT2D eigenvalue weighted by Crippen LogP contribution is 2.16. The molecular weight excluding hydrogens is 315 g/mol. The monoisotopic (exact) mass is 334 g/mol. The van der Waals surface area contributed by atoms with Crippen molar-refractivity contribution in [2.45, 2.75) is 18.3 Å². The Balaban J connectivity index is 1.64. The third-order valence-electron chi connectivity index (χ3n) is 3.21. The zero-order valence-corrected chi connectivity index (χ0v) is 13.4.